The van der Waals surface area contributed by atoms with Crippen LogP contribution in [-0.4, -0.2) is 11.0 Å². The van der Waals surface area contributed by atoms with E-state index in [2.05, 4.69) is 26.2 Å². The van der Waals surface area contributed by atoms with Crippen LogP contribution in [0.4, 0.5) is 4.39 Å². The Morgan fingerprint density at radius 2 is 2.20 bits per heavy atom. The summed E-state index contributed by atoms with van der Waals surface area (Å²) in [5.41, 5.74) is 0.975. The molecule has 5 heteroatoms. The highest BCUT2D eigenvalue weighted by Gasteiger charge is 2.20. The number of nitrogens with zero attached hydrogens (tertiary/aromatic N) is 1. The molecule has 1 aliphatic rings. The minimum atomic E-state index is -0.351. The lowest BCUT2D eigenvalue weighted by Crippen LogP contribution is -2.16. The molecule has 1 heterocycles. The van der Waals surface area contributed by atoms with Gasteiger partial charge in [0, 0.05) is 30.4 Å². The van der Waals surface area contributed by atoms with Gasteiger partial charge >= 0.3 is 0 Å². The number of rotatable bonds is 5. The average molecular weight is 337 g/mol. The lowest BCUT2D eigenvalue weighted by molar-refractivity contribution is 0.448. The Labute approximate surface area is 125 Å². The van der Waals surface area contributed by atoms with E-state index < -0.39 is 0 Å². The monoisotopic (exact) mass is 336 g/mol. The van der Waals surface area contributed by atoms with Gasteiger partial charge in [0.2, 0.25) is 5.88 Å². The van der Waals surface area contributed by atoms with Crippen molar-refractivity contribution in [1.29, 1.82) is 0 Å². The Morgan fingerprint density at radius 3 is 2.95 bits per heavy atom. The van der Waals surface area contributed by atoms with E-state index in [1.54, 1.807) is 18.3 Å². The molecule has 0 saturated heterocycles. The van der Waals surface area contributed by atoms with Crippen LogP contribution in [0.2, 0.25) is 0 Å². The summed E-state index contributed by atoms with van der Waals surface area (Å²) in [4.78, 5) is 4.23. The average Bonchev–Trinajstić information content (AvgIpc) is 3.26. The molecule has 104 valence electrons. The predicted octanol–water partition coefficient (Wildman–Crippen LogP) is 4.03. The molecule has 1 aromatic heterocycles. The van der Waals surface area contributed by atoms with E-state index in [0.717, 1.165) is 5.56 Å². The third-order valence-corrected chi connectivity index (χ3v) is 3.76. The molecule has 0 amide bonds. The number of hydrogen-bond acceptors (Lipinski definition) is 3. The van der Waals surface area contributed by atoms with E-state index >= 15 is 0 Å². The molecule has 0 radical (unpaired) electrons. The van der Waals surface area contributed by atoms with Crippen LogP contribution in [0.3, 0.4) is 0 Å². The molecule has 0 aliphatic heterocycles. The van der Waals surface area contributed by atoms with Crippen molar-refractivity contribution < 1.29 is 9.13 Å². The zero-order valence-electron chi connectivity index (χ0n) is 10.8. The number of benzene rings is 1. The predicted molar refractivity (Wildman–Crippen MR) is 78.3 cm³/mol. The molecule has 0 unspecified atom stereocenters. The molecule has 1 saturated carbocycles. The molecule has 1 fully saturated rings. The number of pyridine rings is 1. The molecule has 20 heavy (non-hydrogen) atoms. The molecule has 1 aromatic carbocycles. The summed E-state index contributed by atoms with van der Waals surface area (Å²) in [6, 6.07) is 9.13. The first kappa shape index (κ1) is 13.5. The van der Waals surface area contributed by atoms with E-state index in [1.807, 2.05) is 12.1 Å². The number of hydrogen-bond donors (Lipinski definition) is 1. The smallest absolute Gasteiger partial charge is 0.223 e. The minimum Gasteiger partial charge on any atom is -0.439 e. The maximum absolute atomic E-state index is 13.5. The molecule has 0 atom stereocenters. The first-order valence-electron chi connectivity index (χ1n) is 6.52. The van der Waals surface area contributed by atoms with Crippen LogP contribution < -0.4 is 10.1 Å². The number of aromatic nitrogens is 1. The van der Waals surface area contributed by atoms with Gasteiger partial charge in [-0.05, 0) is 47.0 Å². The number of halogens is 2. The lowest BCUT2D eigenvalue weighted by Gasteiger charge is -2.10. The molecule has 0 bridgehead atoms. The molecule has 1 N–H and O–H groups in total. The number of nitrogens with one attached hydrogen (secondary N) is 1. The van der Waals surface area contributed by atoms with Crippen molar-refractivity contribution in [3.63, 3.8) is 0 Å². The van der Waals surface area contributed by atoms with E-state index in [9.17, 15) is 4.39 Å². The summed E-state index contributed by atoms with van der Waals surface area (Å²) in [7, 11) is 0. The van der Waals surface area contributed by atoms with Crippen molar-refractivity contribution in [2.75, 3.05) is 0 Å². The van der Waals surface area contributed by atoms with Crippen LogP contribution >= 0.6 is 15.9 Å². The Morgan fingerprint density at radius 1 is 1.35 bits per heavy atom. The summed E-state index contributed by atoms with van der Waals surface area (Å²) in [5, 5.41) is 3.42. The van der Waals surface area contributed by atoms with Crippen molar-refractivity contribution in [2.24, 2.45) is 0 Å². The van der Waals surface area contributed by atoms with Crippen LogP contribution in [0.1, 0.15) is 18.4 Å². The van der Waals surface area contributed by atoms with Crippen LogP contribution in [-0.2, 0) is 6.54 Å². The van der Waals surface area contributed by atoms with Gasteiger partial charge in [0.1, 0.15) is 11.6 Å². The molecule has 0 spiro atoms. The molecule has 3 rings (SSSR count). The highest BCUT2D eigenvalue weighted by atomic mass is 79.9. The standard InChI is InChI=1S/C15H14BrFN2O/c16-13-6-5-12(8-14(13)17)20-15-10(2-1-7-18-15)9-19-11-3-4-11/h1-2,5-8,11,19H,3-4,9H2. The second-order valence-corrected chi connectivity index (χ2v) is 5.66. The van der Waals surface area contributed by atoms with Gasteiger partial charge in [-0.25, -0.2) is 9.37 Å². The Kier molecular flexibility index (Phi) is 3.98. The van der Waals surface area contributed by atoms with Crippen molar-refractivity contribution in [1.82, 2.24) is 10.3 Å². The topological polar surface area (TPSA) is 34.1 Å². The maximum Gasteiger partial charge on any atom is 0.223 e. The van der Waals surface area contributed by atoms with Crippen LogP contribution in [0.5, 0.6) is 11.6 Å². The quantitative estimate of drug-likeness (QED) is 0.895. The van der Waals surface area contributed by atoms with E-state index in [0.29, 0.717) is 28.7 Å². The fourth-order valence-corrected chi connectivity index (χ4v) is 2.09. The van der Waals surface area contributed by atoms with Crippen LogP contribution in [0.15, 0.2) is 41.0 Å². The third-order valence-electron chi connectivity index (χ3n) is 3.11. The van der Waals surface area contributed by atoms with Crippen molar-refractivity contribution in [3.05, 3.63) is 52.4 Å². The fraction of sp³-hybridized carbons (Fsp3) is 0.267. The highest BCUT2D eigenvalue weighted by molar-refractivity contribution is 9.10. The maximum atomic E-state index is 13.5. The van der Waals surface area contributed by atoms with Crippen LogP contribution in [0, 0.1) is 5.82 Å². The summed E-state index contributed by atoms with van der Waals surface area (Å²) in [5.74, 6) is 0.607. The molecule has 2 aromatic rings. The normalized spacial score (nSPS) is 14.3. The van der Waals surface area contributed by atoms with Crippen molar-refractivity contribution >= 4 is 15.9 Å². The van der Waals surface area contributed by atoms with Gasteiger partial charge in [0.05, 0.1) is 4.47 Å². The van der Waals surface area contributed by atoms with Crippen molar-refractivity contribution in [3.8, 4) is 11.6 Å². The van der Waals surface area contributed by atoms with E-state index in [1.165, 1.54) is 18.9 Å². The second kappa shape index (κ2) is 5.89. The Bertz CT molecular complexity index is 617. The highest BCUT2D eigenvalue weighted by Crippen LogP contribution is 2.27. The molecular formula is C15H14BrFN2O. The second-order valence-electron chi connectivity index (χ2n) is 4.80. The van der Waals surface area contributed by atoms with E-state index in [-0.39, 0.29) is 5.82 Å². The van der Waals surface area contributed by atoms with Gasteiger partial charge in [-0.2, -0.15) is 0 Å². The van der Waals surface area contributed by atoms with Gasteiger partial charge < -0.3 is 10.1 Å². The van der Waals surface area contributed by atoms with Gasteiger partial charge in [-0.3, -0.25) is 0 Å². The summed E-state index contributed by atoms with van der Waals surface area (Å²) >= 11 is 3.12. The first-order valence-corrected chi connectivity index (χ1v) is 7.32. The summed E-state index contributed by atoms with van der Waals surface area (Å²) in [6.45, 7) is 0.715. The van der Waals surface area contributed by atoms with Crippen LogP contribution in [0.25, 0.3) is 0 Å². The Hall–Kier alpha value is -1.46. The van der Waals surface area contributed by atoms with Gasteiger partial charge in [-0.1, -0.05) is 6.07 Å². The minimum absolute atomic E-state index is 0.351. The number of ether oxygens (including phenoxy) is 1. The molecule has 3 nitrogen and oxygen atoms in total. The zero-order valence-corrected chi connectivity index (χ0v) is 12.4. The SMILES string of the molecule is Fc1cc(Oc2ncccc2CNC2CC2)ccc1Br. The summed E-state index contributed by atoms with van der Waals surface area (Å²) < 4.78 is 19.6. The van der Waals surface area contributed by atoms with E-state index in [4.69, 9.17) is 4.74 Å². The van der Waals surface area contributed by atoms with Gasteiger partial charge in [-0.15, -0.1) is 0 Å². The van der Waals surface area contributed by atoms with Crippen molar-refractivity contribution in [2.45, 2.75) is 25.4 Å². The molecular weight excluding hydrogens is 323 g/mol. The lowest BCUT2D eigenvalue weighted by atomic mass is 10.2. The zero-order chi connectivity index (χ0) is 13.9. The van der Waals surface area contributed by atoms with Gasteiger partial charge in [0.25, 0.3) is 0 Å². The summed E-state index contributed by atoms with van der Waals surface area (Å²) in [6.07, 6.45) is 4.13. The van der Waals surface area contributed by atoms with Gasteiger partial charge in [0.15, 0.2) is 0 Å². The largest absolute Gasteiger partial charge is 0.439 e. The Balaban J connectivity index is 1.76. The first-order chi connectivity index (χ1) is 9.72. The fourth-order valence-electron chi connectivity index (χ4n) is 1.84. The third kappa shape index (κ3) is 3.35. The molecule has 1 aliphatic carbocycles.